The number of anilines is 2. The van der Waals surface area contributed by atoms with Crippen molar-refractivity contribution in [3.8, 4) is 5.75 Å². The van der Waals surface area contributed by atoms with Crippen LogP contribution < -0.4 is 10.1 Å². The summed E-state index contributed by atoms with van der Waals surface area (Å²) in [7, 11) is 0. The SMILES string of the molecule is C[C@H](Oc1ccc(Nc2n[nH]c3cccnc23)cc1Cl)c1ccncc1. The largest absolute Gasteiger partial charge is 0.484 e. The monoisotopic (exact) mass is 365 g/mol. The van der Waals surface area contributed by atoms with E-state index in [9.17, 15) is 0 Å². The molecule has 0 bridgehead atoms. The van der Waals surface area contributed by atoms with Crippen molar-refractivity contribution in [2.24, 2.45) is 0 Å². The Bertz CT molecular complexity index is 1030. The van der Waals surface area contributed by atoms with Gasteiger partial charge in [0.1, 0.15) is 17.4 Å². The molecule has 0 fully saturated rings. The van der Waals surface area contributed by atoms with E-state index >= 15 is 0 Å². The van der Waals surface area contributed by atoms with E-state index in [-0.39, 0.29) is 6.10 Å². The van der Waals surface area contributed by atoms with Crippen molar-refractivity contribution in [1.29, 1.82) is 0 Å². The molecule has 0 radical (unpaired) electrons. The Labute approximate surface area is 155 Å². The number of ether oxygens (including phenoxy) is 1. The molecule has 0 saturated heterocycles. The van der Waals surface area contributed by atoms with Crippen molar-refractivity contribution in [3.63, 3.8) is 0 Å². The minimum atomic E-state index is -0.131. The van der Waals surface area contributed by atoms with Crippen LogP contribution in [0.15, 0.2) is 61.1 Å². The highest BCUT2D eigenvalue weighted by molar-refractivity contribution is 6.32. The van der Waals surface area contributed by atoms with Gasteiger partial charge in [-0.2, -0.15) is 5.10 Å². The summed E-state index contributed by atoms with van der Waals surface area (Å²) in [5.74, 6) is 1.27. The van der Waals surface area contributed by atoms with E-state index in [1.165, 1.54) is 0 Å². The molecule has 1 atom stereocenters. The van der Waals surface area contributed by atoms with Crippen molar-refractivity contribution in [2.45, 2.75) is 13.0 Å². The van der Waals surface area contributed by atoms with Gasteiger partial charge in [0.2, 0.25) is 0 Å². The quantitative estimate of drug-likeness (QED) is 0.526. The molecule has 0 amide bonds. The molecule has 7 heteroatoms. The topological polar surface area (TPSA) is 75.7 Å². The number of halogens is 1. The van der Waals surface area contributed by atoms with Crippen LogP contribution in [0.1, 0.15) is 18.6 Å². The number of hydrogen-bond donors (Lipinski definition) is 2. The van der Waals surface area contributed by atoms with Gasteiger partial charge in [0, 0.05) is 24.3 Å². The maximum atomic E-state index is 6.40. The van der Waals surface area contributed by atoms with E-state index in [1.807, 2.05) is 43.3 Å². The summed E-state index contributed by atoms with van der Waals surface area (Å²) >= 11 is 6.40. The van der Waals surface area contributed by atoms with Crippen molar-refractivity contribution in [3.05, 3.63) is 71.6 Å². The predicted molar refractivity (Wildman–Crippen MR) is 102 cm³/mol. The van der Waals surface area contributed by atoms with E-state index in [0.717, 1.165) is 22.3 Å². The summed E-state index contributed by atoms with van der Waals surface area (Å²) in [6.07, 6.45) is 5.08. The molecular formula is C19H16ClN5O. The smallest absolute Gasteiger partial charge is 0.178 e. The lowest BCUT2D eigenvalue weighted by Gasteiger charge is -2.16. The second kappa shape index (κ2) is 7.01. The lowest BCUT2D eigenvalue weighted by molar-refractivity contribution is 0.227. The van der Waals surface area contributed by atoms with Crippen molar-refractivity contribution >= 4 is 34.1 Å². The molecule has 3 heterocycles. The maximum Gasteiger partial charge on any atom is 0.178 e. The molecule has 4 aromatic rings. The van der Waals surface area contributed by atoms with Crippen LogP contribution in [-0.4, -0.2) is 20.2 Å². The molecular weight excluding hydrogens is 350 g/mol. The van der Waals surface area contributed by atoms with Gasteiger partial charge in [0.15, 0.2) is 5.82 Å². The number of rotatable bonds is 5. The molecule has 6 nitrogen and oxygen atoms in total. The van der Waals surface area contributed by atoms with Crippen LogP contribution in [0.3, 0.4) is 0 Å². The number of fused-ring (bicyclic) bond motifs is 1. The normalized spacial score (nSPS) is 12.1. The fourth-order valence-electron chi connectivity index (χ4n) is 2.64. The van der Waals surface area contributed by atoms with Crippen LogP contribution in [0.4, 0.5) is 11.5 Å². The second-order valence-electron chi connectivity index (χ2n) is 5.78. The van der Waals surface area contributed by atoms with Gasteiger partial charge in [-0.25, -0.2) is 0 Å². The summed E-state index contributed by atoms with van der Waals surface area (Å²) in [5.41, 5.74) is 3.48. The molecule has 130 valence electrons. The number of nitrogens with one attached hydrogen (secondary N) is 2. The third kappa shape index (κ3) is 3.32. The molecule has 0 aliphatic rings. The highest BCUT2D eigenvalue weighted by Crippen LogP contribution is 2.32. The molecule has 0 spiro atoms. The van der Waals surface area contributed by atoms with E-state index in [0.29, 0.717) is 16.6 Å². The Morgan fingerprint density at radius 3 is 2.77 bits per heavy atom. The zero-order chi connectivity index (χ0) is 17.9. The molecule has 2 N–H and O–H groups in total. The van der Waals surface area contributed by atoms with Crippen molar-refractivity contribution in [2.75, 3.05) is 5.32 Å². The summed E-state index contributed by atoms with van der Waals surface area (Å²) < 4.78 is 5.97. The highest BCUT2D eigenvalue weighted by atomic mass is 35.5. The Morgan fingerprint density at radius 1 is 1.12 bits per heavy atom. The van der Waals surface area contributed by atoms with E-state index in [2.05, 4.69) is 25.5 Å². The average molecular weight is 366 g/mol. The Hall–Kier alpha value is -3.12. The van der Waals surface area contributed by atoms with Crippen molar-refractivity contribution < 1.29 is 4.74 Å². The van der Waals surface area contributed by atoms with Crippen LogP contribution >= 0.6 is 11.6 Å². The van der Waals surface area contributed by atoms with Crippen LogP contribution in [0.2, 0.25) is 5.02 Å². The van der Waals surface area contributed by atoms with Gasteiger partial charge in [-0.1, -0.05) is 11.6 Å². The number of aromatic nitrogens is 4. The third-order valence-electron chi connectivity index (χ3n) is 3.99. The first-order chi connectivity index (χ1) is 12.7. The number of nitrogens with zero attached hydrogens (tertiary/aromatic N) is 3. The van der Waals surface area contributed by atoms with Gasteiger partial charge in [-0.15, -0.1) is 0 Å². The first-order valence-electron chi connectivity index (χ1n) is 8.13. The summed E-state index contributed by atoms with van der Waals surface area (Å²) in [6, 6.07) is 13.2. The van der Waals surface area contributed by atoms with Gasteiger partial charge in [-0.05, 0) is 55.0 Å². The number of benzene rings is 1. The van der Waals surface area contributed by atoms with E-state index < -0.39 is 0 Å². The van der Waals surface area contributed by atoms with Crippen LogP contribution in [-0.2, 0) is 0 Å². The number of pyridine rings is 2. The van der Waals surface area contributed by atoms with Crippen LogP contribution in [0.5, 0.6) is 5.75 Å². The Balaban J connectivity index is 1.52. The fourth-order valence-corrected chi connectivity index (χ4v) is 2.87. The molecule has 0 saturated carbocycles. The van der Waals surface area contributed by atoms with Gasteiger partial charge >= 0.3 is 0 Å². The molecule has 0 aliphatic heterocycles. The predicted octanol–water partition coefficient (Wildman–Crippen LogP) is 4.89. The van der Waals surface area contributed by atoms with E-state index in [1.54, 1.807) is 24.7 Å². The summed E-state index contributed by atoms with van der Waals surface area (Å²) in [4.78, 5) is 8.35. The zero-order valence-corrected chi connectivity index (χ0v) is 14.7. The standard InChI is InChI=1S/C19H16ClN5O/c1-12(13-6-9-21-10-7-13)26-17-5-4-14(11-15(17)20)23-19-18-16(24-25-19)3-2-8-22-18/h2-12H,1H3,(H2,23,24,25)/t12-/m0/s1. The second-order valence-corrected chi connectivity index (χ2v) is 6.19. The van der Waals surface area contributed by atoms with Gasteiger partial charge < -0.3 is 10.1 Å². The number of H-pyrrole nitrogens is 1. The minimum Gasteiger partial charge on any atom is -0.484 e. The average Bonchev–Trinajstić information content (AvgIpc) is 3.08. The fraction of sp³-hybridized carbons (Fsp3) is 0.105. The molecule has 3 aromatic heterocycles. The third-order valence-corrected chi connectivity index (χ3v) is 4.29. The first-order valence-corrected chi connectivity index (χ1v) is 8.51. The molecule has 1 aromatic carbocycles. The summed E-state index contributed by atoms with van der Waals surface area (Å²) in [6.45, 7) is 1.97. The Kier molecular flexibility index (Phi) is 4.41. The zero-order valence-electron chi connectivity index (χ0n) is 14.0. The lowest BCUT2D eigenvalue weighted by atomic mass is 10.2. The van der Waals surface area contributed by atoms with Gasteiger partial charge in [-0.3, -0.25) is 15.1 Å². The minimum absolute atomic E-state index is 0.131. The van der Waals surface area contributed by atoms with Crippen LogP contribution in [0, 0.1) is 0 Å². The Morgan fingerprint density at radius 2 is 1.96 bits per heavy atom. The molecule has 0 aliphatic carbocycles. The van der Waals surface area contributed by atoms with Gasteiger partial charge in [0.05, 0.1) is 10.5 Å². The summed E-state index contributed by atoms with van der Waals surface area (Å²) in [5, 5.41) is 10.9. The number of aromatic amines is 1. The maximum absolute atomic E-state index is 6.40. The molecule has 26 heavy (non-hydrogen) atoms. The van der Waals surface area contributed by atoms with E-state index in [4.69, 9.17) is 16.3 Å². The van der Waals surface area contributed by atoms with Gasteiger partial charge in [0.25, 0.3) is 0 Å². The van der Waals surface area contributed by atoms with Crippen LogP contribution in [0.25, 0.3) is 11.0 Å². The van der Waals surface area contributed by atoms with Crippen molar-refractivity contribution in [1.82, 2.24) is 20.2 Å². The lowest BCUT2D eigenvalue weighted by Crippen LogP contribution is -2.03. The molecule has 0 unspecified atom stereocenters. The number of hydrogen-bond acceptors (Lipinski definition) is 5. The first kappa shape index (κ1) is 16.4. The highest BCUT2D eigenvalue weighted by Gasteiger charge is 2.12. The molecule has 4 rings (SSSR count).